The van der Waals surface area contributed by atoms with Crippen LogP contribution in [0.2, 0.25) is 0 Å². The van der Waals surface area contributed by atoms with E-state index in [2.05, 4.69) is 188 Å². The molecule has 10 aromatic rings. The maximum absolute atomic E-state index is 5.56. The predicted molar refractivity (Wildman–Crippen MR) is 226 cm³/mol. The van der Waals surface area contributed by atoms with E-state index in [0.29, 0.717) is 0 Å². The third kappa shape index (κ3) is 4.74. The second-order valence-corrected chi connectivity index (χ2v) is 14.1. The molecule has 0 spiro atoms. The van der Waals surface area contributed by atoms with Crippen LogP contribution < -0.4 is 0 Å². The first-order valence-corrected chi connectivity index (χ1v) is 18.5. The fourth-order valence-corrected chi connectivity index (χ4v) is 8.61. The predicted octanol–water partition coefficient (Wildman–Crippen LogP) is 13.9. The molecule has 0 fully saturated rings. The average Bonchev–Trinajstić information content (AvgIpc) is 3.25. The summed E-state index contributed by atoms with van der Waals surface area (Å²) >= 11 is 0. The number of rotatable bonds is 3. The number of hydrogen-bond acceptors (Lipinski definition) is 2. The number of fused-ring (bicyclic) bond motifs is 11. The van der Waals surface area contributed by atoms with E-state index >= 15 is 0 Å². The lowest BCUT2D eigenvalue weighted by atomic mass is 9.83. The molecule has 1 heterocycles. The Bertz CT molecular complexity index is 3040. The van der Waals surface area contributed by atoms with Crippen LogP contribution in [0.1, 0.15) is 0 Å². The van der Waals surface area contributed by atoms with Gasteiger partial charge in [-0.15, -0.1) is 0 Å². The van der Waals surface area contributed by atoms with E-state index in [4.69, 9.17) is 9.97 Å². The van der Waals surface area contributed by atoms with Crippen LogP contribution in [0.3, 0.4) is 0 Å². The van der Waals surface area contributed by atoms with Crippen molar-refractivity contribution in [3.05, 3.63) is 194 Å². The molecule has 0 amide bonds. The topological polar surface area (TPSA) is 25.8 Å². The molecule has 0 saturated carbocycles. The first-order chi connectivity index (χ1) is 26.8. The molecule has 0 bridgehead atoms. The smallest absolute Gasteiger partial charge is 0.161 e. The second kappa shape index (κ2) is 12.2. The zero-order valence-electron chi connectivity index (χ0n) is 29.4. The molecule has 9 aromatic carbocycles. The van der Waals surface area contributed by atoms with Gasteiger partial charge in [-0.3, -0.25) is 0 Å². The Kier molecular flexibility index (Phi) is 6.90. The van der Waals surface area contributed by atoms with Crippen molar-refractivity contribution in [2.75, 3.05) is 0 Å². The van der Waals surface area contributed by atoms with Crippen molar-refractivity contribution < 1.29 is 0 Å². The van der Waals surface area contributed by atoms with Crippen molar-refractivity contribution in [3.63, 3.8) is 0 Å². The highest BCUT2D eigenvalue weighted by atomic mass is 14.9. The summed E-state index contributed by atoms with van der Waals surface area (Å²) in [7, 11) is 0. The highest BCUT2D eigenvalue weighted by Crippen LogP contribution is 2.48. The maximum Gasteiger partial charge on any atom is 0.161 e. The summed E-state index contributed by atoms with van der Waals surface area (Å²) in [6.45, 7) is 0. The van der Waals surface area contributed by atoms with E-state index in [9.17, 15) is 0 Å². The number of benzene rings is 9. The first kappa shape index (κ1) is 30.5. The Morgan fingerprint density at radius 3 is 1.31 bits per heavy atom. The molecule has 250 valence electrons. The normalized spacial score (nSPS) is 11.7. The van der Waals surface area contributed by atoms with Gasteiger partial charge in [-0.25, -0.2) is 9.97 Å². The zero-order chi connectivity index (χ0) is 35.6. The van der Waals surface area contributed by atoms with Gasteiger partial charge in [-0.05, 0) is 88.5 Å². The minimum atomic E-state index is 0.723. The lowest BCUT2D eigenvalue weighted by Gasteiger charge is -2.23. The molecular weight excluding hydrogens is 653 g/mol. The van der Waals surface area contributed by atoms with Crippen molar-refractivity contribution in [2.24, 2.45) is 0 Å². The van der Waals surface area contributed by atoms with Crippen molar-refractivity contribution >= 4 is 32.3 Å². The van der Waals surface area contributed by atoms with Gasteiger partial charge in [0.05, 0.1) is 5.69 Å². The van der Waals surface area contributed by atoms with E-state index < -0.39 is 0 Å². The standard InChI is InChI=1S/C52H32N2/c1-2-14-36-31-37(30-27-33(36)13-1)34-25-28-35(29-26-34)49-43-20-8-10-22-45(43)50(46-23-11-9-21-44(46)49)52-53-32-48-42-19-6-5-17-40(42)38-15-3-4-16-39(38)41-18-7-12-24-47(41)51(48)54-52/h1-32H. The van der Waals surface area contributed by atoms with Crippen molar-refractivity contribution in [1.82, 2.24) is 9.97 Å². The lowest BCUT2D eigenvalue weighted by molar-refractivity contribution is 1.19. The van der Waals surface area contributed by atoms with Crippen molar-refractivity contribution in [1.29, 1.82) is 0 Å². The molecule has 1 aromatic heterocycles. The summed E-state index contributed by atoms with van der Waals surface area (Å²) in [6, 6.07) is 67.8. The Morgan fingerprint density at radius 1 is 0.296 bits per heavy atom. The fourth-order valence-electron chi connectivity index (χ4n) is 8.61. The molecule has 0 radical (unpaired) electrons. The van der Waals surface area contributed by atoms with Gasteiger partial charge in [0.2, 0.25) is 0 Å². The molecule has 54 heavy (non-hydrogen) atoms. The molecule has 0 N–H and O–H groups in total. The SMILES string of the molecule is c1ccc2c(c1)-c1ccccc1-c1cnc(-c3c4ccccc4c(-c4ccc(-c5ccc6ccccc6c5)cc4)c4ccccc34)nc1-c1ccccc1-2. The molecule has 0 unspecified atom stereocenters. The van der Waals surface area contributed by atoms with Gasteiger partial charge in [0.1, 0.15) is 0 Å². The van der Waals surface area contributed by atoms with Gasteiger partial charge in [-0.2, -0.15) is 0 Å². The molecule has 1 aliphatic rings. The Morgan fingerprint density at radius 2 is 0.722 bits per heavy atom. The van der Waals surface area contributed by atoms with Gasteiger partial charge in [0.25, 0.3) is 0 Å². The molecular formula is C52H32N2. The quantitative estimate of drug-likeness (QED) is 0.173. The van der Waals surface area contributed by atoms with Gasteiger partial charge in [0, 0.05) is 22.9 Å². The molecule has 1 aliphatic carbocycles. The van der Waals surface area contributed by atoms with Gasteiger partial charge in [0.15, 0.2) is 5.82 Å². The highest BCUT2D eigenvalue weighted by molar-refractivity contribution is 6.21. The van der Waals surface area contributed by atoms with E-state index in [1.165, 1.54) is 66.1 Å². The zero-order valence-corrected chi connectivity index (χ0v) is 29.4. The lowest BCUT2D eigenvalue weighted by Crippen LogP contribution is -2.02. The van der Waals surface area contributed by atoms with E-state index in [1.807, 2.05) is 6.20 Å². The summed E-state index contributed by atoms with van der Waals surface area (Å²) < 4.78 is 0. The summed E-state index contributed by atoms with van der Waals surface area (Å²) in [5, 5.41) is 7.13. The van der Waals surface area contributed by atoms with E-state index in [1.54, 1.807) is 0 Å². The van der Waals surface area contributed by atoms with Crippen molar-refractivity contribution in [2.45, 2.75) is 0 Å². The fraction of sp³-hybridized carbons (Fsp3) is 0. The van der Waals surface area contributed by atoms with Crippen LogP contribution in [0, 0.1) is 0 Å². The Hall–Kier alpha value is -7.16. The number of nitrogens with zero attached hydrogens (tertiary/aromatic N) is 2. The van der Waals surface area contributed by atoms with Crippen LogP contribution in [0.5, 0.6) is 0 Å². The van der Waals surface area contributed by atoms with Gasteiger partial charge >= 0.3 is 0 Å². The van der Waals surface area contributed by atoms with Crippen LogP contribution in [0.15, 0.2) is 194 Å². The third-order valence-electron chi connectivity index (χ3n) is 11.1. The third-order valence-corrected chi connectivity index (χ3v) is 11.1. The molecule has 0 saturated heterocycles. The van der Waals surface area contributed by atoms with Crippen LogP contribution >= 0.6 is 0 Å². The van der Waals surface area contributed by atoms with Crippen molar-refractivity contribution in [3.8, 4) is 78.3 Å². The van der Waals surface area contributed by atoms with Crippen LogP contribution in [-0.2, 0) is 0 Å². The highest BCUT2D eigenvalue weighted by Gasteiger charge is 2.25. The number of aromatic nitrogens is 2. The largest absolute Gasteiger partial charge is 0.236 e. The maximum atomic E-state index is 5.56. The van der Waals surface area contributed by atoms with E-state index in [-0.39, 0.29) is 0 Å². The minimum Gasteiger partial charge on any atom is -0.236 e. The summed E-state index contributed by atoms with van der Waals surface area (Å²) in [5.74, 6) is 0.723. The first-order valence-electron chi connectivity index (χ1n) is 18.5. The second-order valence-electron chi connectivity index (χ2n) is 14.1. The monoisotopic (exact) mass is 684 g/mol. The van der Waals surface area contributed by atoms with Crippen LogP contribution in [-0.4, -0.2) is 9.97 Å². The summed E-state index contributed by atoms with van der Waals surface area (Å²) in [5.41, 5.74) is 14.9. The van der Waals surface area contributed by atoms with Gasteiger partial charge < -0.3 is 0 Å². The Labute approximate surface area is 313 Å². The number of hydrogen-bond donors (Lipinski definition) is 0. The molecule has 0 aliphatic heterocycles. The molecule has 11 rings (SSSR count). The van der Waals surface area contributed by atoms with Crippen LogP contribution in [0.4, 0.5) is 0 Å². The van der Waals surface area contributed by atoms with E-state index in [0.717, 1.165) is 44.5 Å². The summed E-state index contributed by atoms with van der Waals surface area (Å²) in [4.78, 5) is 10.8. The van der Waals surface area contributed by atoms with Crippen LogP contribution in [0.25, 0.3) is 111 Å². The minimum absolute atomic E-state index is 0.723. The molecule has 2 heteroatoms. The average molecular weight is 685 g/mol. The Balaban J connectivity index is 1.12. The summed E-state index contributed by atoms with van der Waals surface area (Å²) in [6.07, 6.45) is 2.05. The molecule has 0 atom stereocenters. The molecule has 2 nitrogen and oxygen atoms in total. The van der Waals surface area contributed by atoms with Gasteiger partial charge in [-0.1, -0.05) is 182 Å².